The second kappa shape index (κ2) is 5.26. The van der Waals surface area contributed by atoms with Crippen LogP contribution in [0.1, 0.15) is 5.56 Å². The lowest BCUT2D eigenvalue weighted by molar-refractivity contribution is 0.312. The molecule has 0 bridgehead atoms. The van der Waals surface area contributed by atoms with Gasteiger partial charge in [0.25, 0.3) is 0 Å². The van der Waals surface area contributed by atoms with Gasteiger partial charge in [0, 0.05) is 32.1 Å². The number of hydrogen-bond acceptors (Lipinski definition) is 2. The molecule has 0 N–H and O–H groups in total. The number of hydrogen-bond donors (Lipinski definition) is 0. The van der Waals surface area contributed by atoms with Gasteiger partial charge in [0.2, 0.25) is 0 Å². The number of para-hydroxylation sites is 1. The summed E-state index contributed by atoms with van der Waals surface area (Å²) in [7, 11) is 2.15. The molecule has 0 saturated carbocycles. The number of likely N-dealkylation sites (N-methyl/N-ethyl adjacent to an activating group) is 1. The van der Waals surface area contributed by atoms with E-state index in [-0.39, 0.29) is 0 Å². The van der Waals surface area contributed by atoms with Gasteiger partial charge in [-0.1, -0.05) is 23.7 Å². The maximum absolute atomic E-state index is 6.26. The predicted molar refractivity (Wildman–Crippen MR) is 70.7 cm³/mol. The maximum atomic E-state index is 6.26. The first-order chi connectivity index (χ1) is 7.72. The molecule has 0 atom stereocenters. The SMILES string of the molecule is CN1CCN(c2c(Cl)cccc2CCl)CC1. The van der Waals surface area contributed by atoms with Crippen LogP contribution in [0.25, 0.3) is 0 Å². The van der Waals surface area contributed by atoms with E-state index in [0.29, 0.717) is 5.88 Å². The van der Waals surface area contributed by atoms with Crippen molar-refractivity contribution in [1.82, 2.24) is 4.90 Å². The highest BCUT2D eigenvalue weighted by Gasteiger charge is 2.18. The lowest BCUT2D eigenvalue weighted by Gasteiger charge is -2.35. The van der Waals surface area contributed by atoms with Gasteiger partial charge in [-0.3, -0.25) is 0 Å². The number of benzene rings is 1. The third kappa shape index (κ3) is 2.45. The van der Waals surface area contributed by atoms with E-state index < -0.39 is 0 Å². The molecule has 0 amide bonds. The van der Waals surface area contributed by atoms with Crippen molar-refractivity contribution in [1.29, 1.82) is 0 Å². The number of piperazine rings is 1. The summed E-state index contributed by atoms with van der Waals surface area (Å²) < 4.78 is 0. The van der Waals surface area contributed by atoms with Gasteiger partial charge in [0.05, 0.1) is 10.7 Å². The van der Waals surface area contributed by atoms with Gasteiger partial charge in [-0.2, -0.15) is 0 Å². The zero-order valence-electron chi connectivity index (χ0n) is 9.42. The summed E-state index contributed by atoms with van der Waals surface area (Å²) in [6.45, 7) is 4.19. The Kier molecular flexibility index (Phi) is 3.95. The van der Waals surface area contributed by atoms with Crippen LogP contribution in [0.15, 0.2) is 18.2 Å². The van der Waals surface area contributed by atoms with Gasteiger partial charge >= 0.3 is 0 Å². The van der Waals surface area contributed by atoms with Crippen LogP contribution in [0.4, 0.5) is 5.69 Å². The van der Waals surface area contributed by atoms with Gasteiger partial charge in [-0.05, 0) is 18.7 Å². The molecular formula is C12H16Cl2N2. The van der Waals surface area contributed by atoms with E-state index in [1.807, 2.05) is 18.2 Å². The molecule has 0 aliphatic carbocycles. The van der Waals surface area contributed by atoms with Gasteiger partial charge in [0.1, 0.15) is 0 Å². The Morgan fingerprint density at radius 3 is 2.50 bits per heavy atom. The number of nitrogens with zero attached hydrogens (tertiary/aromatic N) is 2. The average Bonchev–Trinajstić information content (AvgIpc) is 2.30. The van der Waals surface area contributed by atoms with E-state index in [9.17, 15) is 0 Å². The maximum Gasteiger partial charge on any atom is 0.0642 e. The molecule has 1 aromatic carbocycles. The van der Waals surface area contributed by atoms with Crippen LogP contribution in [0, 0.1) is 0 Å². The Morgan fingerprint density at radius 1 is 1.19 bits per heavy atom. The number of halogens is 2. The monoisotopic (exact) mass is 258 g/mol. The first-order valence-electron chi connectivity index (χ1n) is 5.49. The standard InChI is InChI=1S/C12H16Cl2N2/c1-15-5-7-16(8-6-15)12-10(9-13)3-2-4-11(12)14/h2-4H,5-9H2,1H3. The van der Waals surface area contributed by atoms with Crippen molar-refractivity contribution < 1.29 is 0 Å². The minimum atomic E-state index is 0.516. The lowest BCUT2D eigenvalue weighted by atomic mass is 10.1. The Labute approximate surface area is 107 Å². The topological polar surface area (TPSA) is 6.48 Å². The van der Waals surface area contributed by atoms with Crippen LogP contribution in [0.5, 0.6) is 0 Å². The third-order valence-electron chi connectivity index (χ3n) is 3.03. The highest BCUT2D eigenvalue weighted by atomic mass is 35.5. The fourth-order valence-electron chi connectivity index (χ4n) is 2.05. The van der Waals surface area contributed by atoms with E-state index in [0.717, 1.165) is 42.5 Å². The van der Waals surface area contributed by atoms with Crippen molar-refractivity contribution in [3.8, 4) is 0 Å². The van der Waals surface area contributed by atoms with Crippen molar-refractivity contribution >= 4 is 28.9 Å². The normalized spacial score (nSPS) is 17.8. The minimum Gasteiger partial charge on any atom is -0.368 e. The lowest BCUT2D eigenvalue weighted by Crippen LogP contribution is -2.44. The molecule has 0 spiro atoms. The zero-order chi connectivity index (χ0) is 11.5. The summed E-state index contributed by atoms with van der Waals surface area (Å²) in [5.41, 5.74) is 2.24. The highest BCUT2D eigenvalue weighted by Crippen LogP contribution is 2.31. The van der Waals surface area contributed by atoms with Crippen LogP contribution >= 0.6 is 23.2 Å². The smallest absolute Gasteiger partial charge is 0.0642 e. The van der Waals surface area contributed by atoms with Crippen molar-refractivity contribution in [3.05, 3.63) is 28.8 Å². The number of alkyl halides is 1. The molecule has 88 valence electrons. The number of anilines is 1. The van der Waals surface area contributed by atoms with Gasteiger partial charge in [0.15, 0.2) is 0 Å². The molecule has 2 rings (SSSR count). The van der Waals surface area contributed by atoms with Crippen LogP contribution in [0.2, 0.25) is 5.02 Å². The molecule has 0 aromatic heterocycles. The summed E-state index contributed by atoms with van der Waals surface area (Å²) in [6.07, 6.45) is 0. The summed E-state index contributed by atoms with van der Waals surface area (Å²) in [4.78, 5) is 4.66. The first kappa shape index (κ1) is 12.0. The molecule has 0 unspecified atom stereocenters. The van der Waals surface area contributed by atoms with Crippen molar-refractivity contribution in [2.75, 3.05) is 38.1 Å². The van der Waals surface area contributed by atoms with Gasteiger partial charge in [-0.25, -0.2) is 0 Å². The fraction of sp³-hybridized carbons (Fsp3) is 0.500. The van der Waals surface area contributed by atoms with E-state index >= 15 is 0 Å². The molecule has 1 fully saturated rings. The summed E-state index contributed by atoms with van der Waals surface area (Å²) in [6, 6.07) is 5.94. The second-order valence-corrected chi connectivity index (χ2v) is 4.85. The van der Waals surface area contributed by atoms with E-state index in [1.54, 1.807) is 0 Å². The van der Waals surface area contributed by atoms with Crippen LogP contribution < -0.4 is 4.90 Å². The molecular weight excluding hydrogens is 243 g/mol. The Balaban J connectivity index is 2.25. The second-order valence-electron chi connectivity index (χ2n) is 4.17. The molecule has 1 aliphatic rings. The average molecular weight is 259 g/mol. The van der Waals surface area contributed by atoms with E-state index in [2.05, 4.69) is 16.8 Å². The van der Waals surface area contributed by atoms with Crippen molar-refractivity contribution in [2.45, 2.75) is 5.88 Å². The first-order valence-corrected chi connectivity index (χ1v) is 6.40. The molecule has 16 heavy (non-hydrogen) atoms. The summed E-state index contributed by atoms with van der Waals surface area (Å²) >= 11 is 12.2. The summed E-state index contributed by atoms with van der Waals surface area (Å²) in [5, 5.41) is 0.808. The van der Waals surface area contributed by atoms with Crippen molar-refractivity contribution in [2.24, 2.45) is 0 Å². The summed E-state index contributed by atoms with van der Waals surface area (Å²) in [5.74, 6) is 0.516. The Hall–Kier alpha value is -0.440. The molecule has 2 nitrogen and oxygen atoms in total. The molecule has 0 radical (unpaired) electrons. The van der Waals surface area contributed by atoms with Crippen LogP contribution in [-0.2, 0) is 5.88 Å². The third-order valence-corrected chi connectivity index (χ3v) is 3.63. The Morgan fingerprint density at radius 2 is 1.88 bits per heavy atom. The quantitative estimate of drug-likeness (QED) is 0.753. The predicted octanol–water partition coefficient (Wildman–Crippen LogP) is 2.83. The van der Waals surface area contributed by atoms with Crippen molar-refractivity contribution in [3.63, 3.8) is 0 Å². The molecule has 1 heterocycles. The van der Waals surface area contributed by atoms with Gasteiger partial charge in [-0.15, -0.1) is 11.6 Å². The highest BCUT2D eigenvalue weighted by molar-refractivity contribution is 6.33. The van der Waals surface area contributed by atoms with Crippen LogP contribution in [0.3, 0.4) is 0 Å². The van der Waals surface area contributed by atoms with Crippen LogP contribution in [-0.4, -0.2) is 38.1 Å². The Bertz CT molecular complexity index is 360. The fourth-order valence-corrected chi connectivity index (χ4v) is 2.58. The number of rotatable bonds is 2. The molecule has 4 heteroatoms. The zero-order valence-corrected chi connectivity index (χ0v) is 10.9. The molecule has 1 saturated heterocycles. The molecule has 1 aliphatic heterocycles. The minimum absolute atomic E-state index is 0.516. The molecule has 1 aromatic rings. The van der Waals surface area contributed by atoms with E-state index in [1.165, 1.54) is 0 Å². The largest absolute Gasteiger partial charge is 0.368 e. The van der Waals surface area contributed by atoms with E-state index in [4.69, 9.17) is 23.2 Å². The van der Waals surface area contributed by atoms with Gasteiger partial charge < -0.3 is 9.80 Å².